The molecular weight excluding hydrogens is 242 g/mol. The van der Waals surface area contributed by atoms with E-state index in [9.17, 15) is 5.11 Å². The summed E-state index contributed by atoms with van der Waals surface area (Å²) in [6, 6.07) is 12.5. The molecule has 18 heavy (non-hydrogen) atoms. The highest BCUT2D eigenvalue weighted by molar-refractivity contribution is 7.10. The molecule has 0 aliphatic carbocycles. The van der Waals surface area contributed by atoms with Gasteiger partial charge in [-0.05, 0) is 35.9 Å². The van der Waals surface area contributed by atoms with E-state index >= 15 is 0 Å². The number of rotatable bonds is 3. The van der Waals surface area contributed by atoms with Crippen LogP contribution in [-0.2, 0) is 6.42 Å². The molecular formula is C15H17NOS. The van der Waals surface area contributed by atoms with E-state index in [-0.39, 0.29) is 6.10 Å². The third kappa shape index (κ3) is 2.28. The molecule has 2 aromatic rings. The minimum Gasteiger partial charge on any atom is -0.386 e. The fourth-order valence-electron chi connectivity index (χ4n) is 2.58. The average Bonchev–Trinajstić information content (AvgIpc) is 2.93. The normalized spacial score (nSPS) is 16.4. The Kier molecular flexibility index (Phi) is 3.35. The van der Waals surface area contributed by atoms with Gasteiger partial charge in [0.05, 0.1) is 0 Å². The standard InChI is InChI=1S/C15H17NOS/c17-14(15-8-4-10-18-15)11-16-9-3-6-12-5-1-2-7-13(12)16/h1-2,4-5,7-8,10,14,17H,3,6,9,11H2. The third-order valence-corrected chi connectivity index (χ3v) is 4.44. The van der Waals surface area contributed by atoms with Crippen molar-refractivity contribution in [3.8, 4) is 0 Å². The Balaban J connectivity index is 1.78. The first-order chi connectivity index (χ1) is 8.84. The van der Waals surface area contributed by atoms with E-state index in [2.05, 4.69) is 29.2 Å². The molecule has 1 atom stereocenters. The van der Waals surface area contributed by atoms with Crippen molar-refractivity contribution in [3.05, 3.63) is 52.2 Å². The summed E-state index contributed by atoms with van der Waals surface area (Å²) in [5, 5.41) is 12.3. The van der Waals surface area contributed by atoms with Crippen molar-refractivity contribution in [2.45, 2.75) is 18.9 Å². The predicted octanol–water partition coefficient (Wildman–Crippen LogP) is 3.23. The lowest BCUT2D eigenvalue weighted by Crippen LogP contribution is -2.33. The first-order valence-corrected chi connectivity index (χ1v) is 7.27. The minimum absolute atomic E-state index is 0.379. The van der Waals surface area contributed by atoms with E-state index in [0.717, 1.165) is 17.8 Å². The predicted molar refractivity (Wildman–Crippen MR) is 76.3 cm³/mol. The molecule has 0 bridgehead atoms. The van der Waals surface area contributed by atoms with E-state index in [1.54, 1.807) is 11.3 Å². The first-order valence-electron chi connectivity index (χ1n) is 6.39. The van der Waals surface area contributed by atoms with Crippen LogP contribution < -0.4 is 4.90 Å². The first kappa shape index (κ1) is 11.8. The minimum atomic E-state index is -0.379. The maximum Gasteiger partial charge on any atom is 0.106 e. The molecule has 1 N–H and O–H groups in total. The lowest BCUT2D eigenvalue weighted by molar-refractivity contribution is 0.186. The number of nitrogens with zero attached hydrogens (tertiary/aromatic N) is 1. The highest BCUT2D eigenvalue weighted by Crippen LogP contribution is 2.29. The van der Waals surface area contributed by atoms with Gasteiger partial charge >= 0.3 is 0 Å². The highest BCUT2D eigenvalue weighted by Gasteiger charge is 2.19. The third-order valence-electron chi connectivity index (χ3n) is 3.47. The quantitative estimate of drug-likeness (QED) is 0.914. The largest absolute Gasteiger partial charge is 0.386 e. The number of aryl methyl sites for hydroxylation is 1. The van der Waals surface area contributed by atoms with E-state index in [4.69, 9.17) is 0 Å². The van der Waals surface area contributed by atoms with Crippen LogP contribution >= 0.6 is 11.3 Å². The Morgan fingerprint density at radius 2 is 2.11 bits per heavy atom. The summed E-state index contributed by atoms with van der Waals surface area (Å²) in [7, 11) is 0. The highest BCUT2D eigenvalue weighted by atomic mass is 32.1. The van der Waals surface area contributed by atoms with Gasteiger partial charge in [-0.3, -0.25) is 0 Å². The zero-order valence-electron chi connectivity index (χ0n) is 10.2. The zero-order valence-corrected chi connectivity index (χ0v) is 11.1. The van der Waals surface area contributed by atoms with Crippen LogP contribution in [0.4, 0.5) is 5.69 Å². The Labute approximate surface area is 112 Å². The molecule has 2 nitrogen and oxygen atoms in total. The molecule has 1 unspecified atom stereocenters. The molecule has 94 valence electrons. The number of benzene rings is 1. The van der Waals surface area contributed by atoms with Crippen molar-refractivity contribution >= 4 is 17.0 Å². The molecule has 3 heteroatoms. The summed E-state index contributed by atoms with van der Waals surface area (Å²) in [6.45, 7) is 1.73. The Hall–Kier alpha value is -1.32. The molecule has 2 heterocycles. The summed E-state index contributed by atoms with van der Waals surface area (Å²) in [5.41, 5.74) is 2.70. The molecule has 0 fully saturated rings. The maximum atomic E-state index is 10.3. The van der Waals surface area contributed by atoms with Crippen LogP contribution in [-0.4, -0.2) is 18.2 Å². The van der Waals surface area contributed by atoms with Crippen LogP contribution in [0, 0.1) is 0 Å². The zero-order chi connectivity index (χ0) is 12.4. The van der Waals surface area contributed by atoms with Crippen LogP contribution in [0.25, 0.3) is 0 Å². The fraction of sp³-hybridized carbons (Fsp3) is 0.333. The van der Waals surface area contributed by atoms with Gasteiger partial charge in [-0.2, -0.15) is 0 Å². The molecule has 0 amide bonds. The number of para-hydroxylation sites is 1. The number of hydrogen-bond donors (Lipinski definition) is 1. The summed E-state index contributed by atoms with van der Waals surface area (Å²) < 4.78 is 0. The van der Waals surface area contributed by atoms with E-state index in [0.29, 0.717) is 6.54 Å². The van der Waals surface area contributed by atoms with Crippen LogP contribution in [0.2, 0.25) is 0 Å². The van der Waals surface area contributed by atoms with Crippen molar-refractivity contribution in [1.29, 1.82) is 0 Å². The van der Waals surface area contributed by atoms with Gasteiger partial charge in [0.2, 0.25) is 0 Å². The molecule has 1 aliphatic heterocycles. The van der Waals surface area contributed by atoms with Crippen molar-refractivity contribution < 1.29 is 5.11 Å². The van der Waals surface area contributed by atoms with Gasteiger partial charge in [0, 0.05) is 23.7 Å². The summed E-state index contributed by atoms with van der Waals surface area (Å²) >= 11 is 1.62. The lowest BCUT2D eigenvalue weighted by Gasteiger charge is -2.32. The number of aliphatic hydroxyl groups excluding tert-OH is 1. The summed E-state index contributed by atoms with van der Waals surface area (Å²) in [6.07, 6.45) is 1.95. The molecule has 1 aromatic carbocycles. The van der Waals surface area contributed by atoms with Crippen LogP contribution in [0.15, 0.2) is 41.8 Å². The van der Waals surface area contributed by atoms with Crippen LogP contribution in [0.1, 0.15) is 23.0 Å². The van der Waals surface area contributed by atoms with Crippen molar-refractivity contribution in [2.75, 3.05) is 18.0 Å². The van der Waals surface area contributed by atoms with Crippen molar-refractivity contribution in [1.82, 2.24) is 0 Å². The molecule has 1 aromatic heterocycles. The van der Waals surface area contributed by atoms with Crippen LogP contribution in [0.5, 0.6) is 0 Å². The van der Waals surface area contributed by atoms with Crippen molar-refractivity contribution in [2.24, 2.45) is 0 Å². The maximum absolute atomic E-state index is 10.3. The Morgan fingerprint density at radius 1 is 1.22 bits per heavy atom. The molecule has 0 saturated heterocycles. The van der Waals surface area contributed by atoms with E-state index < -0.39 is 0 Å². The Bertz CT molecular complexity index is 509. The summed E-state index contributed by atoms with van der Waals surface area (Å²) in [4.78, 5) is 3.36. The van der Waals surface area contributed by atoms with Crippen LogP contribution in [0.3, 0.4) is 0 Å². The number of thiophene rings is 1. The van der Waals surface area contributed by atoms with Crippen molar-refractivity contribution in [3.63, 3.8) is 0 Å². The van der Waals surface area contributed by atoms with E-state index in [1.165, 1.54) is 17.7 Å². The van der Waals surface area contributed by atoms with Gasteiger partial charge in [0.25, 0.3) is 0 Å². The molecule has 0 saturated carbocycles. The van der Waals surface area contributed by atoms with Gasteiger partial charge in [-0.15, -0.1) is 11.3 Å². The fourth-order valence-corrected chi connectivity index (χ4v) is 3.28. The van der Waals surface area contributed by atoms with Gasteiger partial charge in [0.1, 0.15) is 6.10 Å². The van der Waals surface area contributed by atoms with Gasteiger partial charge in [0.15, 0.2) is 0 Å². The molecule has 1 aliphatic rings. The SMILES string of the molecule is OC(CN1CCCc2ccccc21)c1cccs1. The number of aliphatic hydroxyl groups is 1. The second kappa shape index (κ2) is 5.12. The second-order valence-electron chi connectivity index (χ2n) is 4.71. The van der Waals surface area contributed by atoms with E-state index in [1.807, 2.05) is 17.5 Å². The Morgan fingerprint density at radius 3 is 2.94 bits per heavy atom. The smallest absolute Gasteiger partial charge is 0.106 e. The van der Waals surface area contributed by atoms with Gasteiger partial charge in [-0.1, -0.05) is 24.3 Å². The number of hydrogen-bond acceptors (Lipinski definition) is 3. The second-order valence-corrected chi connectivity index (χ2v) is 5.69. The molecule has 0 radical (unpaired) electrons. The summed E-state index contributed by atoms with van der Waals surface area (Å²) in [5.74, 6) is 0. The lowest BCUT2D eigenvalue weighted by atomic mass is 10.0. The number of β-amino-alcohol motifs (C(OH)–C–C–N with tert-alkyl or cyclic N) is 1. The number of fused-ring (bicyclic) bond motifs is 1. The average molecular weight is 259 g/mol. The van der Waals surface area contributed by atoms with Gasteiger partial charge < -0.3 is 10.0 Å². The van der Waals surface area contributed by atoms with Gasteiger partial charge in [-0.25, -0.2) is 0 Å². The molecule has 0 spiro atoms. The molecule has 3 rings (SSSR count). The number of anilines is 1. The topological polar surface area (TPSA) is 23.5 Å². The monoisotopic (exact) mass is 259 g/mol.